The Hall–Kier alpha value is -2.47. The van der Waals surface area contributed by atoms with Crippen LogP contribution in [0, 0.1) is 10.1 Å². The van der Waals surface area contributed by atoms with Gasteiger partial charge in [-0.25, -0.2) is 0 Å². The summed E-state index contributed by atoms with van der Waals surface area (Å²) < 4.78 is 0. The Kier molecular flexibility index (Phi) is 3.95. The molecule has 0 saturated carbocycles. The van der Waals surface area contributed by atoms with Gasteiger partial charge in [0.25, 0.3) is 11.6 Å². The molecule has 6 nitrogen and oxygen atoms in total. The van der Waals surface area contributed by atoms with Crippen molar-refractivity contribution in [2.24, 2.45) is 0 Å². The average molecular weight is 292 g/mol. The standard InChI is InChI=1S/C13H10ClN3O3/c1-16(10-3-2-6-15-8-10)13(18)9-4-5-12(17(19)20)11(14)7-9/h2-8H,1H3. The van der Waals surface area contributed by atoms with Crippen LogP contribution in [-0.4, -0.2) is 22.9 Å². The maximum atomic E-state index is 12.2. The summed E-state index contributed by atoms with van der Waals surface area (Å²) in [6.45, 7) is 0. The van der Waals surface area contributed by atoms with Crippen molar-refractivity contribution >= 4 is 28.9 Å². The highest BCUT2D eigenvalue weighted by Gasteiger charge is 2.18. The Balaban J connectivity index is 2.30. The van der Waals surface area contributed by atoms with Gasteiger partial charge in [0.1, 0.15) is 5.02 Å². The van der Waals surface area contributed by atoms with Crippen molar-refractivity contribution in [3.05, 3.63) is 63.4 Å². The van der Waals surface area contributed by atoms with Crippen molar-refractivity contribution < 1.29 is 9.72 Å². The van der Waals surface area contributed by atoms with E-state index in [4.69, 9.17) is 11.6 Å². The topological polar surface area (TPSA) is 76.3 Å². The van der Waals surface area contributed by atoms with Crippen LogP contribution in [0.4, 0.5) is 11.4 Å². The molecule has 0 unspecified atom stereocenters. The number of halogens is 1. The van der Waals surface area contributed by atoms with Gasteiger partial charge in [0.2, 0.25) is 0 Å². The number of rotatable bonds is 3. The van der Waals surface area contributed by atoms with E-state index in [0.717, 1.165) is 0 Å². The zero-order valence-corrected chi connectivity index (χ0v) is 11.2. The van der Waals surface area contributed by atoms with E-state index in [2.05, 4.69) is 4.98 Å². The minimum Gasteiger partial charge on any atom is -0.310 e. The second-order valence-electron chi connectivity index (χ2n) is 4.00. The number of hydrogen-bond donors (Lipinski definition) is 0. The van der Waals surface area contributed by atoms with E-state index in [0.29, 0.717) is 5.69 Å². The molecule has 2 aromatic rings. The van der Waals surface area contributed by atoms with E-state index in [9.17, 15) is 14.9 Å². The second kappa shape index (κ2) is 5.66. The number of carbonyl (C=O) groups excluding carboxylic acids is 1. The lowest BCUT2D eigenvalue weighted by molar-refractivity contribution is -0.384. The Morgan fingerprint density at radius 2 is 2.15 bits per heavy atom. The minimum absolute atomic E-state index is 0.0690. The molecule has 1 aromatic heterocycles. The van der Waals surface area contributed by atoms with Crippen molar-refractivity contribution in [1.29, 1.82) is 0 Å². The summed E-state index contributed by atoms with van der Waals surface area (Å²) >= 11 is 5.79. The summed E-state index contributed by atoms with van der Waals surface area (Å²) in [5.74, 6) is -0.324. The normalized spacial score (nSPS) is 10.1. The third-order valence-corrected chi connectivity index (χ3v) is 3.03. The maximum Gasteiger partial charge on any atom is 0.287 e. The molecule has 0 aliphatic heterocycles. The van der Waals surface area contributed by atoms with Gasteiger partial charge in [-0.3, -0.25) is 19.9 Å². The predicted molar refractivity (Wildman–Crippen MR) is 75.1 cm³/mol. The molecule has 0 atom stereocenters. The predicted octanol–water partition coefficient (Wildman–Crippen LogP) is 2.92. The Bertz CT molecular complexity index is 661. The number of benzene rings is 1. The van der Waals surface area contributed by atoms with Gasteiger partial charge in [-0.15, -0.1) is 0 Å². The molecule has 102 valence electrons. The van der Waals surface area contributed by atoms with E-state index in [1.807, 2.05) is 0 Å². The molecule has 1 amide bonds. The molecule has 0 fully saturated rings. The molecule has 0 radical (unpaired) electrons. The van der Waals surface area contributed by atoms with Crippen molar-refractivity contribution in [1.82, 2.24) is 4.98 Å². The Morgan fingerprint density at radius 3 is 2.70 bits per heavy atom. The van der Waals surface area contributed by atoms with Crippen molar-refractivity contribution in [3.63, 3.8) is 0 Å². The minimum atomic E-state index is -0.596. The third kappa shape index (κ3) is 2.75. The number of anilines is 1. The van der Waals surface area contributed by atoms with Crippen LogP contribution in [0.15, 0.2) is 42.7 Å². The highest BCUT2D eigenvalue weighted by Crippen LogP contribution is 2.26. The van der Waals surface area contributed by atoms with E-state index in [-0.39, 0.29) is 22.2 Å². The fourth-order valence-corrected chi connectivity index (χ4v) is 1.90. The lowest BCUT2D eigenvalue weighted by atomic mass is 10.2. The number of nitro groups is 1. The first-order chi connectivity index (χ1) is 9.50. The van der Waals surface area contributed by atoms with Gasteiger partial charge < -0.3 is 4.90 Å². The second-order valence-corrected chi connectivity index (χ2v) is 4.41. The monoisotopic (exact) mass is 291 g/mol. The van der Waals surface area contributed by atoms with Gasteiger partial charge in [0, 0.05) is 24.9 Å². The number of carbonyl (C=O) groups is 1. The quantitative estimate of drug-likeness (QED) is 0.643. The first kappa shape index (κ1) is 14.0. The van der Waals surface area contributed by atoms with Gasteiger partial charge in [0.15, 0.2) is 0 Å². The van der Waals surface area contributed by atoms with Crippen LogP contribution in [0.1, 0.15) is 10.4 Å². The third-order valence-electron chi connectivity index (χ3n) is 2.73. The zero-order valence-electron chi connectivity index (χ0n) is 10.5. The average Bonchev–Trinajstić information content (AvgIpc) is 2.46. The van der Waals surface area contributed by atoms with E-state index in [1.165, 1.54) is 23.1 Å². The summed E-state index contributed by atoms with van der Waals surface area (Å²) in [6, 6.07) is 7.32. The maximum absolute atomic E-state index is 12.2. The number of hydrogen-bond acceptors (Lipinski definition) is 4. The molecule has 1 heterocycles. The van der Waals surface area contributed by atoms with Gasteiger partial charge in [-0.05, 0) is 24.3 Å². The van der Waals surface area contributed by atoms with Crippen LogP contribution < -0.4 is 4.90 Å². The molecule has 20 heavy (non-hydrogen) atoms. The molecule has 0 aliphatic carbocycles. The smallest absolute Gasteiger partial charge is 0.287 e. The largest absolute Gasteiger partial charge is 0.310 e. The van der Waals surface area contributed by atoms with Crippen LogP contribution >= 0.6 is 11.6 Å². The molecule has 2 rings (SSSR count). The lowest BCUT2D eigenvalue weighted by Crippen LogP contribution is -2.26. The van der Waals surface area contributed by atoms with Gasteiger partial charge in [0.05, 0.1) is 16.8 Å². The van der Waals surface area contributed by atoms with Crippen LogP contribution in [0.25, 0.3) is 0 Å². The summed E-state index contributed by atoms with van der Waals surface area (Å²) in [5.41, 5.74) is 0.658. The fourth-order valence-electron chi connectivity index (χ4n) is 1.65. The molecule has 0 N–H and O–H groups in total. The van der Waals surface area contributed by atoms with Crippen LogP contribution in [0.3, 0.4) is 0 Å². The van der Waals surface area contributed by atoms with Gasteiger partial charge in [-0.2, -0.15) is 0 Å². The van der Waals surface area contributed by atoms with E-state index in [1.54, 1.807) is 31.6 Å². The fraction of sp³-hybridized carbons (Fsp3) is 0.0769. The summed E-state index contributed by atoms with van der Waals surface area (Å²) in [6.07, 6.45) is 3.15. The zero-order chi connectivity index (χ0) is 14.7. The highest BCUT2D eigenvalue weighted by molar-refractivity contribution is 6.33. The SMILES string of the molecule is CN(C(=O)c1ccc([N+](=O)[O-])c(Cl)c1)c1cccnc1. The molecular weight excluding hydrogens is 282 g/mol. The number of amides is 1. The van der Waals surface area contributed by atoms with Crippen molar-refractivity contribution in [2.45, 2.75) is 0 Å². The van der Waals surface area contributed by atoms with Crippen molar-refractivity contribution in [2.75, 3.05) is 11.9 Å². The van der Waals surface area contributed by atoms with Crippen LogP contribution in [0.2, 0.25) is 5.02 Å². The lowest BCUT2D eigenvalue weighted by Gasteiger charge is -2.16. The number of nitro benzene ring substituents is 1. The number of nitrogens with zero attached hydrogens (tertiary/aromatic N) is 3. The Labute approximate surface area is 119 Å². The first-order valence-electron chi connectivity index (χ1n) is 5.62. The first-order valence-corrected chi connectivity index (χ1v) is 6.00. The summed E-state index contributed by atoms with van der Waals surface area (Å²) in [7, 11) is 1.59. The summed E-state index contributed by atoms with van der Waals surface area (Å²) in [4.78, 5) is 27.6. The van der Waals surface area contributed by atoms with E-state index < -0.39 is 4.92 Å². The van der Waals surface area contributed by atoms with Crippen molar-refractivity contribution in [3.8, 4) is 0 Å². The molecular formula is C13H10ClN3O3. The summed E-state index contributed by atoms with van der Waals surface area (Å²) in [5, 5.41) is 10.6. The van der Waals surface area contributed by atoms with Gasteiger partial charge in [-0.1, -0.05) is 11.6 Å². The molecule has 7 heteroatoms. The molecule has 0 saturated heterocycles. The van der Waals surface area contributed by atoms with Gasteiger partial charge >= 0.3 is 0 Å². The van der Waals surface area contributed by atoms with Crippen LogP contribution in [-0.2, 0) is 0 Å². The van der Waals surface area contributed by atoms with E-state index >= 15 is 0 Å². The molecule has 0 spiro atoms. The molecule has 0 bridgehead atoms. The highest BCUT2D eigenvalue weighted by atomic mass is 35.5. The molecule has 1 aromatic carbocycles. The molecule has 0 aliphatic rings. The van der Waals surface area contributed by atoms with Crippen LogP contribution in [0.5, 0.6) is 0 Å². The number of aromatic nitrogens is 1. The Morgan fingerprint density at radius 1 is 1.40 bits per heavy atom. The number of pyridine rings is 1.